The van der Waals surface area contributed by atoms with Crippen LogP contribution in [0.25, 0.3) is 267 Å². The summed E-state index contributed by atoms with van der Waals surface area (Å²) >= 11 is 0. The third-order valence-corrected chi connectivity index (χ3v) is 28.7. The lowest BCUT2D eigenvalue weighted by Gasteiger charge is -2.15. The van der Waals surface area contributed by atoms with Gasteiger partial charge in [-0.2, -0.15) is 0 Å². The topological polar surface area (TPSA) is 146 Å². The second-order valence-electron chi connectivity index (χ2n) is 37.4. The Bertz CT molecular complexity index is 9930. The van der Waals surface area contributed by atoms with Gasteiger partial charge in [0.05, 0.1) is 83.3 Å². The van der Waals surface area contributed by atoms with E-state index in [1.807, 2.05) is 164 Å². The molecule has 0 unspecified atom stereocenters. The first-order valence-electron chi connectivity index (χ1n) is 50.4. The van der Waals surface area contributed by atoms with Crippen molar-refractivity contribution >= 4 is 131 Å². The van der Waals surface area contributed by atoms with Crippen LogP contribution in [0.3, 0.4) is 0 Å². The molecule has 0 N–H and O–H groups in total. The highest BCUT2D eigenvalue weighted by molar-refractivity contribution is 6.17. The number of benzene rings is 21. The van der Waals surface area contributed by atoms with E-state index in [4.69, 9.17) is 44.9 Å². The molecule has 0 amide bonds. The number of rotatable bonds is 15. The number of fused-ring (bicyclic) bond motifs is 18. The average Bonchev–Trinajstić information content (AvgIpc) is 1.55. The Hall–Kier alpha value is -20.6. The molecule has 21 aromatic carbocycles. The highest BCUT2D eigenvalue weighted by atomic mass is 15.1. The Morgan fingerprint density at radius 1 is 0.107 bits per heavy atom. The zero-order chi connectivity index (χ0) is 99.1. The van der Waals surface area contributed by atoms with Crippen LogP contribution in [0.5, 0.6) is 0 Å². The van der Waals surface area contributed by atoms with E-state index in [0.29, 0.717) is 52.4 Å². The second kappa shape index (κ2) is 37.0. The fourth-order valence-corrected chi connectivity index (χ4v) is 22.0. The van der Waals surface area contributed by atoms with E-state index in [-0.39, 0.29) is 0 Å². The van der Waals surface area contributed by atoms with Crippen LogP contribution < -0.4 is 0 Å². The van der Waals surface area contributed by atoms with Gasteiger partial charge in [-0.05, 0) is 146 Å². The molecule has 0 saturated heterocycles. The van der Waals surface area contributed by atoms with E-state index in [2.05, 4.69) is 391 Å². The molecule has 9 aromatic heterocycles. The van der Waals surface area contributed by atoms with Gasteiger partial charge in [0.15, 0.2) is 52.4 Å². The Morgan fingerprint density at radius 3 is 0.460 bits per heavy atom. The fraction of sp³-hybridized carbons (Fsp3) is 0. The summed E-state index contributed by atoms with van der Waals surface area (Å²) in [7, 11) is 0. The van der Waals surface area contributed by atoms with Crippen LogP contribution in [0.2, 0.25) is 0 Å². The average molecular weight is 1920 g/mol. The van der Waals surface area contributed by atoms with Gasteiger partial charge in [0, 0.05) is 132 Å². The summed E-state index contributed by atoms with van der Waals surface area (Å²) in [5.41, 5.74) is 28.6. The van der Waals surface area contributed by atoms with Gasteiger partial charge in [-0.15, -0.1) is 0 Å². The third kappa shape index (κ3) is 15.2. The van der Waals surface area contributed by atoms with Gasteiger partial charge in [0.25, 0.3) is 0 Å². The number of para-hydroxylation sites is 12. The molecule has 0 radical (unpaired) electrons. The third-order valence-electron chi connectivity index (χ3n) is 28.7. The van der Waals surface area contributed by atoms with E-state index in [9.17, 15) is 0 Å². The zero-order valence-corrected chi connectivity index (χ0v) is 80.9. The molecular formula is C135H87N15. The van der Waals surface area contributed by atoms with Crippen molar-refractivity contribution in [3.63, 3.8) is 0 Å². The molecule has 0 aliphatic rings. The summed E-state index contributed by atoms with van der Waals surface area (Å²) in [6, 6.07) is 184. The highest BCUT2D eigenvalue weighted by Crippen LogP contribution is 2.46. The largest absolute Gasteiger partial charge is 0.309 e. The summed E-state index contributed by atoms with van der Waals surface area (Å²) in [6.45, 7) is 0. The van der Waals surface area contributed by atoms with Crippen molar-refractivity contribution in [2.45, 2.75) is 0 Å². The second-order valence-corrected chi connectivity index (χ2v) is 37.4. The van der Waals surface area contributed by atoms with Gasteiger partial charge < -0.3 is 27.4 Å². The van der Waals surface area contributed by atoms with Gasteiger partial charge in [-0.1, -0.05) is 382 Å². The first kappa shape index (κ1) is 87.3. The molecule has 15 nitrogen and oxygen atoms in total. The summed E-state index contributed by atoms with van der Waals surface area (Å²) in [5, 5.41) is 14.5. The van der Waals surface area contributed by atoms with Crippen molar-refractivity contribution in [2.75, 3.05) is 0 Å². The summed E-state index contributed by atoms with van der Waals surface area (Å²) in [4.78, 5) is 45.4. The van der Waals surface area contributed by atoms with Crippen molar-refractivity contribution in [3.05, 3.63) is 528 Å². The molecule has 15 heteroatoms. The minimum absolute atomic E-state index is 0.608. The molecule has 0 spiro atoms. The SMILES string of the molecule is c1ccc(-c2nc(-c3ccccc3)nc(-c3ccccc3-n3c4ccc(-n5c6ccccc6c6ccccc65)cc4c4cc(-n5c6ccccc6c6ccccc65)ccc43)n2)cc1.c1ccc(-c2nc(-c3ccccc3)nc(-c3ccccc3-n3c4ccccc4c4cc(-n5c6ccccc6c6ccccc65)ccc43)n2)cc1.c1ccc(-c2nc(-c3ccccc3)nc(-c3ccccc3-n3c4ccccc4c4ccccc43)n2)cc1. The molecule has 9 heterocycles. The number of hydrogen-bond acceptors (Lipinski definition) is 9. The van der Waals surface area contributed by atoms with Crippen LogP contribution in [0, 0.1) is 0 Å². The van der Waals surface area contributed by atoms with Crippen LogP contribution in [0.1, 0.15) is 0 Å². The lowest BCUT2D eigenvalue weighted by molar-refractivity contribution is 1.06. The molecule has 0 aliphatic heterocycles. The first-order valence-corrected chi connectivity index (χ1v) is 50.4. The van der Waals surface area contributed by atoms with Gasteiger partial charge in [-0.25, -0.2) is 44.9 Å². The number of aromatic nitrogens is 15. The van der Waals surface area contributed by atoms with E-state index in [1.54, 1.807) is 0 Å². The Kier molecular flexibility index (Phi) is 21.5. The molecule has 0 fully saturated rings. The molecule has 0 aliphatic carbocycles. The minimum atomic E-state index is 0.608. The standard InChI is InChI=1S/C57H36N6.C45H29N5.C33H22N4/c1-3-17-37(18-4-1)55-58-56(38-19-5-2-6-20-38)60-57(59-55)45-25-11-16-30-52(45)63-53-33-31-39(61-48-26-12-7-21-41(48)42-22-8-13-27-49(42)61)35-46(53)47-36-40(32-34-54(47)63)62-50-28-14-9-23-43(50)44-24-10-15-29-51(44)62;1-3-15-30(16-4-1)43-46-44(31-17-5-2-6-18-31)48-45(47-43)36-22-10-14-26-41(36)50-40-25-13-9-21-35(40)37-29-32(27-28-42(37)50)49-38-23-11-7-19-33(38)34-20-8-12-24-39(34)49;1-3-13-23(14-4-1)31-34-32(24-15-5-2-6-16-24)36-33(35-31)27-19-9-12-22-30(27)37-28-20-10-7-17-25(28)26-18-8-11-21-29(26)37/h1-36H;1-29H;1-22H. The predicted octanol–water partition coefficient (Wildman–Crippen LogP) is 33.2. The predicted molar refractivity (Wildman–Crippen MR) is 614 cm³/mol. The van der Waals surface area contributed by atoms with Crippen molar-refractivity contribution in [3.8, 4) is 137 Å². The molecular weight excluding hydrogens is 1830 g/mol. The number of hydrogen-bond donors (Lipinski definition) is 0. The first-order chi connectivity index (χ1) is 74.4. The Labute approximate surface area is 861 Å². The zero-order valence-electron chi connectivity index (χ0n) is 80.9. The van der Waals surface area contributed by atoms with Crippen molar-refractivity contribution in [1.29, 1.82) is 0 Å². The van der Waals surface area contributed by atoms with E-state index in [0.717, 1.165) is 128 Å². The van der Waals surface area contributed by atoms with E-state index in [1.165, 1.54) is 87.0 Å². The molecule has 150 heavy (non-hydrogen) atoms. The maximum Gasteiger partial charge on any atom is 0.166 e. The van der Waals surface area contributed by atoms with Crippen LogP contribution >= 0.6 is 0 Å². The lowest BCUT2D eigenvalue weighted by Crippen LogP contribution is -2.03. The highest BCUT2D eigenvalue weighted by Gasteiger charge is 2.28. The van der Waals surface area contributed by atoms with Crippen LogP contribution in [-0.4, -0.2) is 72.3 Å². The maximum atomic E-state index is 5.20. The maximum absolute atomic E-state index is 5.20. The lowest BCUT2D eigenvalue weighted by atomic mass is 10.1. The molecule has 0 atom stereocenters. The quantitative estimate of drug-likeness (QED) is 0.0979. The Morgan fingerprint density at radius 2 is 0.253 bits per heavy atom. The Balaban J connectivity index is 0.000000112. The van der Waals surface area contributed by atoms with Crippen molar-refractivity contribution in [2.24, 2.45) is 0 Å². The molecule has 0 bridgehead atoms. The van der Waals surface area contributed by atoms with Gasteiger partial charge in [0.1, 0.15) is 0 Å². The summed E-state index contributed by atoms with van der Waals surface area (Å²) in [6.07, 6.45) is 0. The van der Waals surface area contributed by atoms with E-state index >= 15 is 0 Å². The fourth-order valence-electron chi connectivity index (χ4n) is 22.0. The van der Waals surface area contributed by atoms with E-state index < -0.39 is 0 Å². The van der Waals surface area contributed by atoms with Crippen molar-refractivity contribution in [1.82, 2.24) is 72.3 Å². The van der Waals surface area contributed by atoms with Crippen molar-refractivity contribution < 1.29 is 0 Å². The molecule has 702 valence electrons. The monoisotopic (exact) mass is 1920 g/mol. The normalized spacial score (nSPS) is 11.6. The summed E-state index contributed by atoms with van der Waals surface area (Å²) < 4.78 is 14.2. The van der Waals surface area contributed by atoms with Crippen LogP contribution in [0.4, 0.5) is 0 Å². The molecule has 0 saturated carbocycles. The van der Waals surface area contributed by atoms with Crippen LogP contribution in [0.15, 0.2) is 528 Å². The number of nitrogens with zero attached hydrogens (tertiary/aromatic N) is 15. The minimum Gasteiger partial charge on any atom is -0.309 e. The smallest absolute Gasteiger partial charge is 0.166 e. The van der Waals surface area contributed by atoms with Gasteiger partial charge in [0.2, 0.25) is 0 Å². The molecule has 30 rings (SSSR count). The van der Waals surface area contributed by atoms with Gasteiger partial charge >= 0.3 is 0 Å². The van der Waals surface area contributed by atoms with Crippen LogP contribution in [-0.2, 0) is 0 Å². The molecule has 30 aromatic rings. The van der Waals surface area contributed by atoms with Gasteiger partial charge in [-0.3, -0.25) is 0 Å². The summed E-state index contributed by atoms with van der Waals surface area (Å²) in [5.74, 6) is 5.72.